The van der Waals surface area contributed by atoms with Crippen molar-refractivity contribution in [3.05, 3.63) is 76.9 Å². The Hall–Kier alpha value is -4.58. The second-order valence-electron chi connectivity index (χ2n) is 12.0. The highest BCUT2D eigenvalue weighted by Crippen LogP contribution is 2.50. The normalized spacial score (nSPS) is 20.5. The number of fused-ring (bicyclic) bond motifs is 2. The average Bonchev–Trinajstić information content (AvgIpc) is 3.97. The molecule has 3 aliphatic rings. The lowest BCUT2D eigenvalue weighted by Gasteiger charge is -2.30. The molecule has 1 aromatic carbocycles. The Morgan fingerprint density at radius 1 is 1.18 bits per heavy atom. The summed E-state index contributed by atoms with van der Waals surface area (Å²) in [4.78, 5) is 30.8. The second kappa shape index (κ2) is 10.3. The quantitative estimate of drug-likeness (QED) is 0.252. The molecule has 2 atom stereocenters. The third kappa shape index (κ3) is 4.55. The first-order chi connectivity index (χ1) is 21.2. The van der Waals surface area contributed by atoms with Crippen molar-refractivity contribution < 1.29 is 33.0 Å². The van der Waals surface area contributed by atoms with Gasteiger partial charge in [0.1, 0.15) is 41.6 Å². The minimum absolute atomic E-state index is 0.126. The van der Waals surface area contributed by atoms with Crippen molar-refractivity contribution in [2.24, 2.45) is 11.7 Å². The molecule has 3 aromatic heterocycles. The summed E-state index contributed by atoms with van der Waals surface area (Å²) < 4.78 is 41.3. The van der Waals surface area contributed by atoms with Gasteiger partial charge in [-0.25, -0.2) is 18.3 Å². The Morgan fingerprint density at radius 2 is 1.93 bits per heavy atom. The number of carbonyl (C=O) groups excluding carboxylic acids is 2. The SMILES string of the molecule is COc1cc(C(=O)NCC(O)(c2cc3c(c(-c4ccc(F)cc4)n2)OC[C@]3(CF)C(N)=O)C2CC2)cc2cc(C3CC3)nn12. The number of primary amides is 1. The molecule has 0 saturated heterocycles. The zero-order valence-electron chi connectivity index (χ0n) is 24.0. The minimum atomic E-state index is -1.79. The number of nitrogens with one attached hydrogen (secondary N) is 1. The molecule has 2 amide bonds. The van der Waals surface area contributed by atoms with Crippen LogP contribution in [-0.2, 0) is 15.8 Å². The molecule has 1 unspecified atom stereocenters. The van der Waals surface area contributed by atoms with Crippen LogP contribution in [0.2, 0.25) is 0 Å². The van der Waals surface area contributed by atoms with E-state index in [-0.39, 0.29) is 41.8 Å². The van der Waals surface area contributed by atoms with Gasteiger partial charge in [0.05, 0.1) is 30.6 Å². The second-order valence-corrected chi connectivity index (χ2v) is 12.0. The number of nitrogens with two attached hydrogens (primary N) is 1. The van der Waals surface area contributed by atoms with Gasteiger partial charge in [0.25, 0.3) is 5.91 Å². The molecule has 0 spiro atoms. The summed E-state index contributed by atoms with van der Waals surface area (Å²) in [5.41, 5.74) is 5.14. The number of carbonyl (C=O) groups is 2. The number of methoxy groups -OCH3 is 1. The first-order valence-electron chi connectivity index (χ1n) is 14.6. The molecule has 10 nitrogen and oxygen atoms in total. The summed E-state index contributed by atoms with van der Waals surface area (Å²) in [6.07, 6.45) is 3.49. The largest absolute Gasteiger partial charge is 0.489 e. The van der Waals surface area contributed by atoms with Crippen LogP contribution in [0.3, 0.4) is 0 Å². The highest BCUT2D eigenvalue weighted by molar-refractivity contribution is 5.96. The summed E-state index contributed by atoms with van der Waals surface area (Å²) in [6, 6.07) is 12.2. The lowest BCUT2D eigenvalue weighted by Crippen LogP contribution is -2.46. The van der Waals surface area contributed by atoms with E-state index in [1.54, 1.807) is 16.6 Å². The molecule has 2 aliphatic carbocycles. The number of nitrogens with zero attached hydrogens (tertiary/aromatic N) is 3. The number of hydrogen-bond acceptors (Lipinski definition) is 7. The molecule has 4 heterocycles. The molecule has 4 N–H and O–H groups in total. The number of halogens is 2. The van der Waals surface area contributed by atoms with Gasteiger partial charge < -0.3 is 25.6 Å². The van der Waals surface area contributed by atoms with Gasteiger partial charge in [0.15, 0.2) is 0 Å². The van der Waals surface area contributed by atoms with Crippen LogP contribution in [0, 0.1) is 11.7 Å². The van der Waals surface area contributed by atoms with Gasteiger partial charge in [0, 0.05) is 28.7 Å². The van der Waals surface area contributed by atoms with Gasteiger partial charge in [-0.05, 0) is 74.1 Å². The number of alkyl halides is 1. The fourth-order valence-corrected chi connectivity index (χ4v) is 5.98. The number of benzene rings is 1. The molecule has 7 rings (SSSR count). The van der Waals surface area contributed by atoms with Crippen LogP contribution < -0.4 is 20.5 Å². The Balaban J connectivity index is 1.26. The average molecular weight is 604 g/mol. The molecule has 0 bridgehead atoms. The van der Waals surface area contributed by atoms with Crippen molar-refractivity contribution in [3.8, 4) is 22.9 Å². The smallest absolute Gasteiger partial charge is 0.251 e. The molecule has 0 radical (unpaired) electrons. The van der Waals surface area contributed by atoms with Crippen molar-refractivity contribution in [2.75, 3.05) is 26.9 Å². The Kier molecular flexibility index (Phi) is 6.58. The van der Waals surface area contributed by atoms with E-state index in [0.29, 0.717) is 41.3 Å². The lowest BCUT2D eigenvalue weighted by atomic mass is 9.80. The fourth-order valence-electron chi connectivity index (χ4n) is 5.98. The Labute approximate surface area is 251 Å². The predicted molar refractivity (Wildman–Crippen MR) is 155 cm³/mol. The number of amides is 2. The minimum Gasteiger partial charge on any atom is -0.489 e. The number of hydrogen-bond donors (Lipinski definition) is 3. The number of ether oxygens (including phenoxy) is 2. The van der Waals surface area contributed by atoms with Gasteiger partial charge in [-0.3, -0.25) is 9.59 Å². The van der Waals surface area contributed by atoms with E-state index in [9.17, 15) is 23.5 Å². The number of aromatic nitrogens is 3. The van der Waals surface area contributed by atoms with Gasteiger partial charge >= 0.3 is 0 Å². The van der Waals surface area contributed by atoms with Gasteiger partial charge in [-0.15, -0.1) is 0 Å². The van der Waals surface area contributed by atoms with Crippen LogP contribution >= 0.6 is 0 Å². The van der Waals surface area contributed by atoms with E-state index in [1.807, 2.05) is 6.07 Å². The number of pyridine rings is 2. The highest BCUT2D eigenvalue weighted by atomic mass is 19.1. The number of aliphatic hydroxyl groups is 1. The van der Waals surface area contributed by atoms with Gasteiger partial charge in [-0.1, -0.05) is 0 Å². The zero-order chi connectivity index (χ0) is 30.8. The van der Waals surface area contributed by atoms with E-state index >= 15 is 0 Å². The zero-order valence-corrected chi connectivity index (χ0v) is 24.0. The summed E-state index contributed by atoms with van der Waals surface area (Å²) >= 11 is 0. The van der Waals surface area contributed by atoms with E-state index in [1.165, 1.54) is 37.4 Å². The van der Waals surface area contributed by atoms with Crippen LogP contribution in [0.5, 0.6) is 11.6 Å². The molecular formula is C32H31F2N5O5. The predicted octanol–water partition coefficient (Wildman–Crippen LogP) is 3.53. The van der Waals surface area contributed by atoms with Crippen molar-refractivity contribution in [1.29, 1.82) is 0 Å². The van der Waals surface area contributed by atoms with E-state index in [2.05, 4.69) is 10.4 Å². The van der Waals surface area contributed by atoms with Crippen LogP contribution in [0.4, 0.5) is 8.78 Å². The first kappa shape index (κ1) is 28.2. The lowest BCUT2D eigenvalue weighted by molar-refractivity contribution is -0.124. The summed E-state index contributed by atoms with van der Waals surface area (Å²) in [7, 11) is 1.51. The van der Waals surface area contributed by atoms with E-state index < -0.39 is 35.3 Å². The molecule has 12 heteroatoms. The third-order valence-corrected chi connectivity index (χ3v) is 9.00. The topological polar surface area (TPSA) is 141 Å². The van der Waals surface area contributed by atoms with Crippen LogP contribution in [0.25, 0.3) is 16.8 Å². The molecule has 4 aromatic rings. The van der Waals surface area contributed by atoms with Crippen molar-refractivity contribution in [2.45, 2.75) is 42.6 Å². The standard InChI is InChI=1S/C32H31F2N5O5/c1-43-26-11-19(10-22-12-24(17-2-3-17)38-39(22)26)29(40)36-15-32(42,20-6-7-20)25-13-23-28(44-16-31(23,14-33)30(35)41)27(37-25)18-4-8-21(34)9-5-18/h4-5,8-13,17,20,42H,2-3,6-7,14-16H2,1H3,(H2,35,41)(H,36,40)/t31-,32?/m0/s1. The van der Waals surface area contributed by atoms with E-state index in [4.69, 9.17) is 20.2 Å². The maximum Gasteiger partial charge on any atom is 0.251 e. The van der Waals surface area contributed by atoms with Crippen molar-refractivity contribution >= 4 is 17.3 Å². The fraction of sp³-hybridized carbons (Fsp3) is 0.375. The molecular weight excluding hydrogens is 572 g/mol. The molecule has 2 saturated carbocycles. The molecule has 228 valence electrons. The molecule has 2 fully saturated rings. The van der Waals surface area contributed by atoms with Crippen LogP contribution in [0.1, 0.15) is 58.9 Å². The molecule has 1 aliphatic heterocycles. The summed E-state index contributed by atoms with van der Waals surface area (Å²) in [5.74, 6) is -1.14. The first-order valence-corrected chi connectivity index (χ1v) is 14.6. The van der Waals surface area contributed by atoms with Gasteiger partial charge in [-0.2, -0.15) is 5.10 Å². The summed E-state index contributed by atoms with van der Waals surface area (Å²) in [5, 5.41) is 19.6. The van der Waals surface area contributed by atoms with Crippen molar-refractivity contribution in [3.63, 3.8) is 0 Å². The maximum absolute atomic E-state index is 14.5. The molecule has 44 heavy (non-hydrogen) atoms. The van der Waals surface area contributed by atoms with E-state index in [0.717, 1.165) is 18.5 Å². The third-order valence-electron chi connectivity index (χ3n) is 9.00. The Morgan fingerprint density at radius 3 is 2.57 bits per heavy atom. The van der Waals surface area contributed by atoms with Crippen molar-refractivity contribution in [1.82, 2.24) is 19.9 Å². The highest BCUT2D eigenvalue weighted by Gasteiger charge is 2.52. The van der Waals surface area contributed by atoms with Gasteiger partial charge in [0.2, 0.25) is 11.8 Å². The Bertz CT molecular complexity index is 1800. The maximum atomic E-state index is 14.5. The van der Waals surface area contributed by atoms with Crippen LogP contribution in [-0.4, -0.2) is 58.5 Å². The number of rotatable bonds is 10. The monoisotopic (exact) mass is 603 g/mol. The van der Waals surface area contributed by atoms with Crippen LogP contribution in [0.15, 0.2) is 48.5 Å². The summed E-state index contributed by atoms with van der Waals surface area (Å²) in [6.45, 7) is -1.68.